The second-order valence-corrected chi connectivity index (χ2v) is 8.96. The van der Waals surface area contributed by atoms with Crippen LogP contribution < -0.4 is 0 Å². The van der Waals surface area contributed by atoms with Crippen LogP contribution in [0.25, 0.3) is 0 Å². The summed E-state index contributed by atoms with van der Waals surface area (Å²) in [5.41, 5.74) is 0. The van der Waals surface area contributed by atoms with Crippen LogP contribution in [0.3, 0.4) is 0 Å². The summed E-state index contributed by atoms with van der Waals surface area (Å²) < 4.78 is 12.1. The van der Waals surface area contributed by atoms with Gasteiger partial charge in [0.05, 0.1) is 0 Å². The van der Waals surface area contributed by atoms with Crippen LogP contribution in [0.2, 0.25) is 12.6 Å². The molecule has 0 aromatic heterocycles. The molecule has 0 N–H and O–H groups in total. The summed E-state index contributed by atoms with van der Waals surface area (Å²) in [6.07, 6.45) is 8.09. The quantitative estimate of drug-likeness (QED) is 0.388. The minimum atomic E-state index is -1.87. The van der Waals surface area contributed by atoms with Crippen molar-refractivity contribution >= 4 is 20.3 Å². The molecule has 0 aliphatic rings. The molecule has 0 aromatic carbocycles. The minimum Gasteiger partial charge on any atom is -0.394 e. The first kappa shape index (κ1) is 17.5. The van der Waals surface area contributed by atoms with Gasteiger partial charge in [0.15, 0.2) is 0 Å². The maximum Gasteiger partial charge on any atom is 0.334 e. The Kier molecular flexibility index (Phi) is 11.9. The summed E-state index contributed by atoms with van der Waals surface area (Å²) in [5, 5.41) is 0. The first-order valence-corrected chi connectivity index (χ1v) is 10.9. The molecule has 0 bridgehead atoms. The second kappa shape index (κ2) is 11.6. The van der Waals surface area contributed by atoms with Crippen LogP contribution >= 0.6 is 11.8 Å². The third-order valence-corrected chi connectivity index (χ3v) is 6.38. The molecule has 0 aliphatic carbocycles. The number of hydrogen-bond acceptors (Lipinski definition) is 3. The monoisotopic (exact) mass is 278 g/mol. The van der Waals surface area contributed by atoms with Gasteiger partial charge in [0.25, 0.3) is 0 Å². The van der Waals surface area contributed by atoms with Crippen molar-refractivity contribution in [2.45, 2.75) is 58.5 Å². The average molecular weight is 279 g/mol. The van der Waals surface area contributed by atoms with Gasteiger partial charge in [0.1, 0.15) is 0 Å². The highest BCUT2D eigenvalue weighted by Gasteiger charge is 2.30. The molecule has 0 rings (SSSR count). The molecule has 0 amide bonds. The van der Waals surface area contributed by atoms with Gasteiger partial charge in [-0.3, -0.25) is 0 Å². The van der Waals surface area contributed by atoms with Gasteiger partial charge in [0, 0.05) is 13.2 Å². The summed E-state index contributed by atoms with van der Waals surface area (Å²) >= 11 is 1.91. The van der Waals surface area contributed by atoms with Gasteiger partial charge in [-0.2, -0.15) is 11.8 Å². The molecule has 0 spiro atoms. The zero-order valence-electron chi connectivity index (χ0n) is 12.1. The molecule has 0 saturated carbocycles. The van der Waals surface area contributed by atoms with Crippen molar-refractivity contribution in [2.24, 2.45) is 0 Å². The highest BCUT2D eigenvalue weighted by atomic mass is 32.2. The molecule has 2 nitrogen and oxygen atoms in total. The molecule has 0 heterocycles. The fourth-order valence-corrected chi connectivity index (χ4v) is 4.62. The third-order valence-electron chi connectivity index (χ3n) is 2.79. The Morgan fingerprint density at radius 2 is 1.47 bits per heavy atom. The lowest BCUT2D eigenvalue weighted by molar-refractivity contribution is 0.168. The zero-order chi connectivity index (χ0) is 13.0. The summed E-state index contributed by atoms with van der Waals surface area (Å²) in [5.74, 6) is 1.22. The Morgan fingerprint density at radius 3 is 1.88 bits per heavy atom. The Bertz CT molecular complexity index is 141. The van der Waals surface area contributed by atoms with Crippen molar-refractivity contribution in [3.05, 3.63) is 0 Å². The Morgan fingerprint density at radius 1 is 0.941 bits per heavy atom. The predicted molar refractivity (Wildman–Crippen MR) is 81.1 cm³/mol. The largest absolute Gasteiger partial charge is 0.394 e. The van der Waals surface area contributed by atoms with Crippen LogP contribution in [0.15, 0.2) is 0 Å². The standard InChI is InChI=1S/C13H30O2SSi/c1-5-7-10-14-17(4,13-9-12-16-3)15-11-8-6-2/h5-13H2,1-4H3. The molecule has 0 aromatic rings. The second-order valence-electron chi connectivity index (χ2n) is 4.63. The minimum absolute atomic E-state index is 0.880. The third kappa shape index (κ3) is 10.1. The van der Waals surface area contributed by atoms with E-state index in [0.29, 0.717) is 0 Å². The van der Waals surface area contributed by atoms with E-state index in [4.69, 9.17) is 8.85 Å². The van der Waals surface area contributed by atoms with E-state index in [0.717, 1.165) is 32.1 Å². The van der Waals surface area contributed by atoms with E-state index < -0.39 is 8.56 Å². The van der Waals surface area contributed by atoms with Gasteiger partial charge in [-0.05, 0) is 43.9 Å². The normalized spacial score (nSPS) is 12.0. The molecular formula is C13H30O2SSi. The van der Waals surface area contributed by atoms with Crippen molar-refractivity contribution in [3.8, 4) is 0 Å². The molecule has 4 heteroatoms. The van der Waals surface area contributed by atoms with E-state index in [-0.39, 0.29) is 0 Å². The van der Waals surface area contributed by atoms with Gasteiger partial charge >= 0.3 is 8.56 Å². The Hall–Kier alpha value is 0.487. The number of hydrogen-bond donors (Lipinski definition) is 0. The summed E-state index contributed by atoms with van der Waals surface area (Å²) in [6, 6.07) is 1.14. The summed E-state index contributed by atoms with van der Waals surface area (Å²) in [4.78, 5) is 0. The van der Waals surface area contributed by atoms with Crippen molar-refractivity contribution in [2.75, 3.05) is 25.2 Å². The fraction of sp³-hybridized carbons (Fsp3) is 1.00. The van der Waals surface area contributed by atoms with Crippen LogP contribution in [0.5, 0.6) is 0 Å². The molecule has 0 fully saturated rings. The maximum absolute atomic E-state index is 6.07. The summed E-state index contributed by atoms with van der Waals surface area (Å²) in [7, 11) is -1.87. The molecular weight excluding hydrogens is 248 g/mol. The van der Waals surface area contributed by atoms with Crippen LogP contribution in [-0.4, -0.2) is 33.8 Å². The van der Waals surface area contributed by atoms with Crippen LogP contribution in [0.1, 0.15) is 46.0 Å². The first-order chi connectivity index (χ1) is 8.18. The topological polar surface area (TPSA) is 18.5 Å². The number of rotatable bonds is 12. The van der Waals surface area contributed by atoms with Crippen molar-refractivity contribution < 1.29 is 8.85 Å². The number of thioether (sulfide) groups is 1. The van der Waals surface area contributed by atoms with Crippen LogP contribution in [0, 0.1) is 0 Å². The first-order valence-electron chi connectivity index (χ1n) is 6.95. The van der Waals surface area contributed by atoms with Gasteiger partial charge in [0.2, 0.25) is 0 Å². The maximum atomic E-state index is 6.07. The lowest BCUT2D eigenvalue weighted by atomic mass is 10.4. The van der Waals surface area contributed by atoms with Crippen LogP contribution in [-0.2, 0) is 8.85 Å². The predicted octanol–water partition coefficient (Wildman–Crippen LogP) is 4.44. The fourth-order valence-electron chi connectivity index (χ4n) is 1.59. The van der Waals surface area contributed by atoms with Gasteiger partial charge in [-0.25, -0.2) is 0 Å². The van der Waals surface area contributed by atoms with Crippen molar-refractivity contribution in [1.82, 2.24) is 0 Å². The molecule has 17 heavy (non-hydrogen) atoms. The van der Waals surface area contributed by atoms with Crippen molar-refractivity contribution in [3.63, 3.8) is 0 Å². The smallest absolute Gasteiger partial charge is 0.334 e. The average Bonchev–Trinajstić information content (AvgIpc) is 2.30. The summed E-state index contributed by atoms with van der Waals surface area (Å²) in [6.45, 7) is 8.40. The van der Waals surface area contributed by atoms with Gasteiger partial charge in [-0.1, -0.05) is 26.7 Å². The van der Waals surface area contributed by atoms with E-state index in [1.807, 2.05) is 11.8 Å². The lowest BCUT2D eigenvalue weighted by Crippen LogP contribution is -2.39. The number of unbranched alkanes of at least 4 members (excludes halogenated alkanes) is 2. The van der Waals surface area contributed by atoms with E-state index in [9.17, 15) is 0 Å². The zero-order valence-corrected chi connectivity index (χ0v) is 13.9. The molecule has 0 radical (unpaired) electrons. The van der Waals surface area contributed by atoms with E-state index in [1.165, 1.54) is 25.0 Å². The van der Waals surface area contributed by atoms with E-state index in [2.05, 4.69) is 26.7 Å². The molecule has 0 atom stereocenters. The van der Waals surface area contributed by atoms with Gasteiger partial charge < -0.3 is 8.85 Å². The SMILES string of the molecule is CCCCO[Si](C)(CCCSC)OCCCC. The molecule has 104 valence electrons. The Labute approximate surface area is 113 Å². The molecule has 0 saturated heterocycles. The van der Waals surface area contributed by atoms with E-state index in [1.54, 1.807) is 0 Å². The Balaban J connectivity index is 3.95. The molecule has 0 unspecified atom stereocenters. The van der Waals surface area contributed by atoms with Crippen LogP contribution in [0.4, 0.5) is 0 Å². The lowest BCUT2D eigenvalue weighted by Gasteiger charge is -2.27. The van der Waals surface area contributed by atoms with Crippen molar-refractivity contribution in [1.29, 1.82) is 0 Å². The highest BCUT2D eigenvalue weighted by Crippen LogP contribution is 2.18. The highest BCUT2D eigenvalue weighted by molar-refractivity contribution is 7.98. The van der Waals surface area contributed by atoms with Gasteiger partial charge in [-0.15, -0.1) is 0 Å². The van der Waals surface area contributed by atoms with E-state index >= 15 is 0 Å². The molecule has 0 aliphatic heterocycles.